The molecule has 0 amide bonds. The van der Waals surface area contributed by atoms with Gasteiger partial charge < -0.3 is 19.0 Å². The van der Waals surface area contributed by atoms with Crippen molar-refractivity contribution in [2.75, 3.05) is 14.2 Å². The first-order chi connectivity index (χ1) is 10.0. The predicted molar refractivity (Wildman–Crippen MR) is 77.3 cm³/mol. The molecule has 0 aliphatic rings. The summed E-state index contributed by atoms with van der Waals surface area (Å²) in [5.41, 5.74) is 0.168. The van der Waals surface area contributed by atoms with Gasteiger partial charge in [0.15, 0.2) is 5.78 Å². The van der Waals surface area contributed by atoms with E-state index in [1.807, 2.05) is 19.1 Å². The third kappa shape index (κ3) is 3.37. The van der Waals surface area contributed by atoms with E-state index < -0.39 is 0 Å². The number of phenolic OH excluding ortho intramolecular Hbond substituents is 1. The molecule has 1 N–H and O–H groups in total. The molecule has 0 bridgehead atoms. The van der Waals surface area contributed by atoms with Crippen molar-refractivity contribution in [3.05, 3.63) is 41.3 Å². The Balaban J connectivity index is 2.18. The van der Waals surface area contributed by atoms with Gasteiger partial charge in [0, 0.05) is 25.0 Å². The number of aromatic hydroxyl groups is 1. The molecule has 5 heteroatoms. The summed E-state index contributed by atoms with van der Waals surface area (Å²) < 4.78 is 15.6. The zero-order valence-electron chi connectivity index (χ0n) is 12.3. The van der Waals surface area contributed by atoms with Crippen LogP contribution in [-0.4, -0.2) is 25.1 Å². The second-order valence-corrected chi connectivity index (χ2v) is 4.66. The van der Waals surface area contributed by atoms with Gasteiger partial charge in [0.1, 0.15) is 34.3 Å². The fourth-order valence-corrected chi connectivity index (χ4v) is 2.12. The highest BCUT2D eigenvalue weighted by Crippen LogP contribution is 2.34. The standard InChI is InChI=1S/C16H18O5/c1-10-4-5-11(21-10)6-7-13(17)16-14(18)8-12(19-2)9-15(16)20-3/h4-5,8-9,18H,6-7H2,1-3H3. The fraction of sp³-hybridized carbons (Fsp3) is 0.312. The molecule has 112 valence electrons. The Hall–Kier alpha value is -2.43. The zero-order valence-corrected chi connectivity index (χ0v) is 12.3. The molecule has 0 aliphatic heterocycles. The summed E-state index contributed by atoms with van der Waals surface area (Å²) in [6.07, 6.45) is 0.699. The predicted octanol–water partition coefficient (Wildman–Crippen LogP) is 3.13. The first-order valence-electron chi connectivity index (χ1n) is 6.58. The number of aryl methyl sites for hydroxylation is 2. The summed E-state index contributed by atoms with van der Waals surface area (Å²) in [6.45, 7) is 1.85. The summed E-state index contributed by atoms with van der Waals surface area (Å²) in [5.74, 6) is 1.93. The normalized spacial score (nSPS) is 10.4. The van der Waals surface area contributed by atoms with Gasteiger partial charge in [-0.1, -0.05) is 0 Å². The van der Waals surface area contributed by atoms with Crippen LogP contribution in [0.25, 0.3) is 0 Å². The van der Waals surface area contributed by atoms with E-state index in [1.165, 1.54) is 20.3 Å². The minimum absolute atomic E-state index is 0.146. The Morgan fingerprint density at radius 3 is 2.57 bits per heavy atom. The van der Waals surface area contributed by atoms with Gasteiger partial charge in [0.2, 0.25) is 0 Å². The van der Waals surface area contributed by atoms with E-state index in [0.717, 1.165) is 11.5 Å². The number of carbonyl (C=O) groups excluding carboxylic acids is 1. The van der Waals surface area contributed by atoms with Crippen molar-refractivity contribution in [2.45, 2.75) is 19.8 Å². The Morgan fingerprint density at radius 1 is 1.24 bits per heavy atom. The number of methoxy groups -OCH3 is 2. The molecule has 1 heterocycles. The van der Waals surface area contributed by atoms with Crippen LogP contribution < -0.4 is 9.47 Å². The second kappa shape index (κ2) is 6.35. The maximum Gasteiger partial charge on any atom is 0.170 e. The van der Waals surface area contributed by atoms with Gasteiger partial charge in [0.25, 0.3) is 0 Å². The number of phenols is 1. The number of furan rings is 1. The fourth-order valence-electron chi connectivity index (χ4n) is 2.12. The molecule has 21 heavy (non-hydrogen) atoms. The molecule has 0 spiro atoms. The SMILES string of the molecule is COc1cc(O)c(C(=O)CCc2ccc(C)o2)c(OC)c1. The quantitative estimate of drug-likeness (QED) is 0.828. The topological polar surface area (TPSA) is 68.9 Å². The summed E-state index contributed by atoms with van der Waals surface area (Å²) in [4.78, 5) is 12.3. The van der Waals surface area contributed by atoms with Crippen LogP contribution in [0.3, 0.4) is 0 Å². The highest BCUT2D eigenvalue weighted by atomic mass is 16.5. The van der Waals surface area contributed by atoms with E-state index >= 15 is 0 Å². The van der Waals surface area contributed by atoms with E-state index in [-0.39, 0.29) is 23.5 Å². The lowest BCUT2D eigenvalue weighted by Crippen LogP contribution is -2.04. The monoisotopic (exact) mass is 290 g/mol. The number of hydrogen-bond acceptors (Lipinski definition) is 5. The van der Waals surface area contributed by atoms with E-state index in [4.69, 9.17) is 13.9 Å². The number of ether oxygens (including phenoxy) is 2. The average molecular weight is 290 g/mol. The minimum Gasteiger partial charge on any atom is -0.507 e. The maximum absolute atomic E-state index is 12.3. The molecule has 2 rings (SSSR count). The van der Waals surface area contributed by atoms with E-state index in [1.54, 1.807) is 6.07 Å². The Bertz CT molecular complexity index is 642. The summed E-state index contributed by atoms with van der Waals surface area (Å²) >= 11 is 0. The molecule has 0 radical (unpaired) electrons. The van der Waals surface area contributed by atoms with Gasteiger partial charge in [-0.15, -0.1) is 0 Å². The molecule has 2 aromatic rings. The maximum atomic E-state index is 12.3. The first kappa shape index (κ1) is 15.0. The second-order valence-electron chi connectivity index (χ2n) is 4.66. The highest BCUT2D eigenvalue weighted by Gasteiger charge is 2.19. The zero-order chi connectivity index (χ0) is 15.4. The summed E-state index contributed by atoms with van der Waals surface area (Å²) in [7, 11) is 2.93. The van der Waals surface area contributed by atoms with Crippen molar-refractivity contribution in [3.8, 4) is 17.2 Å². The number of ketones is 1. The lowest BCUT2D eigenvalue weighted by molar-refractivity contribution is 0.0975. The third-order valence-electron chi connectivity index (χ3n) is 3.18. The Morgan fingerprint density at radius 2 is 2.00 bits per heavy atom. The molecule has 0 aliphatic carbocycles. The van der Waals surface area contributed by atoms with Crippen LogP contribution in [0, 0.1) is 6.92 Å². The van der Waals surface area contributed by atoms with Crippen molar-refractivity contribution >= 4 is 5.78 Å². The molecule has 5 nitrogen and oxygen atoms in total. The molecule has 0 fully saturated rings. The Labute approximate surface area is 123 Å². The first-order valence-corrected chi connectivity index (χ1v) is 6.58. The van der Waals surface area contributed by atoms with Crippen molar-refractivity contribution in [3.63, 3.8) is 0 Å². The number of benzene rings is 1. The molecule has 0 saturated carbocycles. The molecule has 1 aromatic carbocycles. The lowest BCUT2D eigenvalue weighted by Gasteiger charge is -2.11. The molecule has 0 unspecified atom stereocenters. The number of rotatable bonds is 6. The van der Waals surface area contributed by atoms with Gasteiger partial charge in [-0.25, -0.2) is 0 Å². The van der Waals surface area contributed by atoms with Crippen LogP contribution in [-0.2, 0) is 6.42 Å². The molecule has 0 atom stereocenters. The third-order valence-corrected chi connectivity index (χ3v) is 3.18. The van der Waals surface area contributed by atoms with Crippen molar-refractivity contribution in [1.29, 1.82) is 0 Å². The molecular weight excluding hydrogens is 272 g/mol. The molecule has 0 saturated heterocycles. The smallest absolute Gasteiger partial charge is 0.170 e. The van der Waals surface area contributed by atoms with Crippen LogP contribution in [0.4, 0.5) is 0 Å². The number of Topliss-reactive ketones (excluding diaryl/α,β-unsaturated/α-hetero) is 1. The van der Waals surface area contributed by atoms with Crippen molar-refractivity contribution < 1.29 is 23.8 Å². The summed E-state index contributed by atoms with van der Waals surface area (Å²) in [6, 6.07) is 6.66. The lowest BCUT2D eigenvalue weighted by atomic mass is 10.0. The van der Waals surface area contributed by atoms with Crippen LogP contribution in [0.5, 0.6) is 17.2 Å². The van der Waals surface area contributed by atoms with Crippen LogP contribution in [0.15, 0.2) is 28.7 Å². The highest BCUT2D eigenvalue weighted by molar-refractivity contribution is 6.01. The number of hydrogen-bond donors (Lipinski definition) is 1. The molecule has 1 aromatic heterocycles. The number of carbonyl (C=O) groups is 1. The van der Waals surface area contributed by atoms with E-state index in [2.05, 4.69) is 0 Å². The summed E-state index contributed by atoms with van der Waals surface area (Å²) in [5, 5.41) is 10.0. The van der Waals surface area contributed by atoms with E-state index in [9.17, 15) is 9.90 Å². The van der Waals surface area contributed by atoms with Crippen LogP contribution >= 0.6 is 0 Å². The van der Waals surface area contributed by atoms with Gasteiger partial charge in [0.05, 0.1) is 14.2 Å². The minimum atomic E-state index is -0.207. The van der Waals surface area contributed by atoms with Crippen LogP contribution in [0.2, 0.25) is 0 Å². The molecular formula is C16H18O5. The Kier molecular flexibility index (Phi) is 4.52. The van der Waals surface area contributed by atoms with Gasteiger partial charge in [-0.05, 0) is 19.1 Å². The average Bonchev–Trinajstić information content (AvgIpc) is 2.89. The van der Waals surface area contributed by atoms with Gasteiger partial charge in [-0.3, -0.25) is 4.79 Å². The van der Waals surface area contributed by atoms with Gasteiger partial charge in [-0.2, -0.15) is 0 Å². The van der Waals surface area contributed by atoms with Crippen molar-refractivity contribution in [1.82, 2.24) is 0 Å². The van der Waals surface area contributed by atoms with Crippen molar-refractivity contribution in [2.24, 2.45) is 0 Å². The van der Waals surface area contributed by atoms with Crippen LogP contribution in [0.1, 0.15) is 28.3 Å². The van der Waals surface area contributed by atoms with E-state index in [0.29, 0.717) is 17.9 Å². The van der Waals surface area contributed by atoms with Gasteiger partial charge >= 0.3 is 0 Å². The largest absolute Gasteiger partial charge is 0.507 e.